The van der Waals surface area contributed by atoms with Gasteiger partial charge in [-0.1, -0.05) is 6.07 Å². The van der Waals surface area contributed by atoms with Gasteiger partial charge in [-0.25, -0.2) is 4.99 Å². The van der Waals surface area contributed by atoms with Crippen molar-refractivity contribution in [2.45, 2.75) is 64.6 Å². The van der Waals surface area contributed by atoms with Gasteiger partial charge in [-0.2, -0.15) is 11.3 Å². The van der Waals surface area contributed by atoms with Gasteiger partial charge >= 0.3 is 0 Å². The van der Waals surface area contributed by atoms with Gasteiger partial charge in [-0.3, -0.25) is 4.90 Å². The van der Waals surface area contributed by atoms with Crippen molar-refractivity contribution in [3.8, 4) is 5.75 Å². The van der Waals surface area contributed by atoms with E-state index in [0.29, 0.717) is 18.3 Å². The van der Waals surface area contributed by atoms with Crippen LogP contribution in [0.25, 0.3) is 0 Å². The molecule has 170 valence electrons. The molecule has 0 radical (unpaired) electrons. The highest BCUT2D eigenvalue weighted by Crippen LogP contribution is 2.31. The van der Waals surface area contributed by atoms with Gasteiger partial charge in [0.1, 0.15) is 5.75 Å². The first-order valence-electron chi connectivity index (χ1n) is 11.3. The van der Waals surface area contributed by atoms with Crippen LogP contribution in [0.2, 0.25) is 0 Å². The van der Waals surface area contributed by atoms with E-state index in [1.807, 2.05) is 6.07 Å². The summed E-state index contributed by atoms with van der Waals surface area (Å²) < 4.78 is 0. The van der Waals surface area contributed by atoms with Crippen molar-refractivity contribution in [2.75, 3.05) is 19.6 Å². The molecule has 3 N–H and O–H groups in total. The number of fused-ring (bicyclic) bond motifs is 1. The zero-order chi connectivity index (χ0) is 20.8. The van der Waals surface area contributed by atoms with Crippen molar-refractivity contribution in [1.29, 1.82) is 0 Å². The van der Waals surface area contributed by atoms with Crippen molar-refractivity contribution in [2.24, 2.45) is 4.99 Å². The molecule has 0 bridgehead atoms. The Labute approximate surface area is 207 Å². The molecule has 2 aliphatic rings. The quantitative estimate of drug-likeness (QED) is 0.276. The second kappa shape index (κ2) is 12.1. The molecule has 0 amide bonds. The number of hydrogen-bond acceptors (Lipinski definition) is 4. The number of phenolic OH excluding ortho intramolecular Hbond substituents is 1. The number of guanidine groups is 1. The van der Waals surface area contributed by atoms with E-state index in [4.69, 9.17) is 4.99 Å². The Balaban J connectivity index is 0.00000272. The molecule has 1 saturated heterocycles. The molecule has 2 aromatic rings. The number of benzene rings is 1. The van der Waals surface area contributed by atoms with E-state index in [9.17, 15) is 5.11 Å². The van der Waals surface area contributed by atoms with E-state index < -0.39 is 0 Å². The summed E-state index contributed by atoms with van der Waals surface area (Å²) in [5.74, 6) is 1.25. The van der Waals surface area contributed by atoms with Crippen LogP contribution >= 0.6 is 35.3 Å². The third-order valence-corrected chi connectivity index (χ3v) is 7.01. The Bertz CT molecular complexity index is 848. The monoisotopic (exact) mass is 554 g/mol. The second-order valence-corrected chi connectivity index (χ2v) is 9.21. The number of aliphatic imine (C=N–C) groups is 1. The fourth-order valence-electron chi connectivity index (χ4n) is 4.62. The van der Waals surface area contributed by atoms with E-state index in [0.717, 1.165) is 63.4 Å². The number of thiophene rings is 1. The molecule has 4 rings (SSSR count). The predicted molar refractivity (Wildman–Crippen MR) is 141 cm³/mol. The molecule has 1 aliphatic heterocycles. The molecule has 1 fully saturated rings. The van der Waals surface area contributed by atoms with Crippen LogP contribution in [0.4, 0.5) is 0 Å². The van der Waals surface area contributed by atoms with Crippen LogP contribution in [-0.2, 0) is 25.9 Å². The van der Waals surface area contributed by atoms with E-state index in [1.54, 1.807) is 11.3 Å². The largest absolute Gasteiger partial charge is 0.508 e. The number of nitrogens with one attached hydrogen (secondary N) is 2. The van der Waals surface area contributed by atoms with Gasteiger partial charge < -0.3 is 15.7 Å². The number of nitrogens with zero attached hydrogens (tertiary/aromatic N) is 2. The zero-order valence-electron chi connectivity index (χ0n) is 18.4. The lowest BCUT2D eigenvalue weighted by molar-refractivity contribution is 0.198. The Morgan fingerprint density at radius 1 is 1.19 bits per heavy atom. The molecule has 31 heavy (non-hydrogen) atoms. The lowest BCUT2D eigenvalue weighted by Gasteiger charge is -2.33. The van der Waals surface area contributed by atoms with Crippen molar-refractivity contribution >= 4 is 41.3 Å². The van der Waals surface area contributed by atoms with E-state index in [1.165, 1.54) is 29.5 Å². The zero-order valence-corrected chi connectivity index (χ0v) is 21.5. The summed E-state index contributed by atoms with van der Waals surface area (Å²) in [4.78, 5) is 7.39. The Morgan fingerprint density at radius 2 is 2.00 bits per heavy atom. The van der Waals surface area contributed by atoms with Gasteiger partial charge in [0.15, 0.2) is 5.96 Å². The maximum atomic E-state index is 10.5. The second-order valence-electron chi connectivity index (χ2n) is 8.43. The van der Waals surface area contributed by atoms with Crippen LogP contribution in [0.5, 0.6) is 5.75 Å². The van der Waals surface area contributed by atoms with Gasteiger partial charge in [-0.05, 0) is 85.0 Å². The smallest absolute Gasteiger partial charge is 0.191 e. The van der Waals surface area contributed by atoms with Gasteiger partial charge in [-0.15, -0.1) is 24.0 Å². The number of aryl methyl sites for hydroxylation is 1. The molecule has 0 saturated carbocycles. The van der Waals surface area contributed by atoms with E-state index >= 15 is 0 Å². The van der Waals surface area contributed by atoms with Gasteiger partial charge in [0.2, 0.25) is 0 Å². The summed E-state index contributed by atoms with van der Waals surface area (Å²) in [6.07, 6.45) is 6.88. The molecule has 1 aliphatic carbocycles. The maximum Gasteiger partial charge on any atom is 0.191 e. The summed E-state index contributed by atoms with van der Waals surface area (Å²) in [5.41, 5.74) is 5.14. The van der Waals surface area contributed by atoms with E-state index in [-0.39, 0.29) is 24.0 Å². The molecule has 2 heterocycles. The number of halogens is 1. The summed E-state index contributed by atoms with van der Waals surface area (Å²) >= 11 is 1.77. The molecule has 0 spiro atoms. The minimum Gasteiger partial charge on any atom is -0.508 e. The maximum absolute atomic E-state index is 10.5. The van der Waals surface area contributed by atoms with Gasteiger partial charge in [0.25, 0.3) is 0 Å². The van der Waals surface area contributed by atoms with Crippen molar-refractivity contribution in [3.63, 3.8) is 0 Å². The number of aromatic hydroxyl groups is 1. The van der Waals surface area contributed by atoms with Crippen LogP contribution in [0, 0.1) is 0 Å². The molecular formula is C24H35IN4OS. The fourth-order valence-corrected chi connectivity index (χ4v) is 5.28. The molecule has 7 heteroatoms. The normalized spacial score (nSPS) is 17.6. The summed E-state index contributed by atoms with van der Waals surface area (Å²) in [6.45, 7) is 6.74. The lowest BCUT2D eigenvalue weighted by Crippen LogP contribution is -2.48. The molecular weight excluding hydrogens is 519 g/mol. The lowest BCUT2D eigenvalue weighted by atomic mass is 9.88. The average molecular weight is 555 g/mol. The minimum atomic E-state index is 0. The summed E-state index contributed by atoms with van der Waals surface area (Å²) in [6, 6.07) is 6.60. The van der Waals surface area contributed by atoms with Gasteiger partial charge in [0, 0.05) is 37.8 Å². The third-order valence-electron chi connectivity index (χ3n) is 6.28. The third kappa shape index (κ3) is 6.58. The highest BCUT2D eigenvalue weighted by atomic mass is 127. The standard InChI is InChI=1S/C24H34N4OS.HI/c1-2-25-24(26-15-22-21-6-4-3-5-19(21)7-8-23(22)29)27-20-9-12-28(13-10-20)16-18-11-14-30-17-18;/h7-8,11,14,17,20,29H,2-6,9-10,12-13,15-16H2,1H3,(H2,25,26,27);1H. The van der Waals surface area contributed by atoms with Crippen molar-refractivity contribution in [3.05, 3.63) is 51.2 Å². The molecule has 1 aromatic carbocycles. The van der Waals surface area contributed by atoms with Crippen LogP contribution in [0.1, 0.15) is 54.9 Å². The summed E-state index contributed by atoms with van der Waals surface area (Å²) in [5, 5.41) is 21.9. The first-order valence-corrected chi connectivity index (χ1v) is 12.3. The van der Waals surface area contributed by atoms with Crippen LogP contribution in [0.3, 0.4) is 0 Å². The number of likely N-dealkylation sites (tertiary alicyclic amines) is 1. The van der Waals surface area contributed by atoms with Crippen LogP contribution in [0.15, 0.2) is 34.0 Å². The number of hydrogen-bond donors (Lipinski definition) is 3. The minimum absolute atomic E-state index is 0. The van der Waals surface area contributed by atoms with Crippen molar-refractivity contribution < 1.29 is 5.11 Å². The van der Waals surface area contributed by atoms with Crippen LogP contribution < -0.4 is 10.6 Å². The molecule has 5 nitrogen and oxygen atoms in total. The fraction of sp³-hybridized carbons (Fsp3) is 0.542. The predicted octanol–water partition coefficient (Wildman–Crippen LogP) is 4.67. The SMILES string of the molecule is CCNC(=NCc1c(O)ccc2c1CCCC2)NC1CCN(Cc2ccsc2)CC1.I. The topological polar surface area (TPSA) is 59.9 Å². The first kappa shape index (κ1) is 24.3. The molecule has 1 aromatic heterocycles. The van der Waals surface area contributed by atoms with Crippen LogP contribution in [-0.4, -0.2) is 41.6 Å². The molecule has 0 unspecified atom stereocenters. The first-order chi connectivity index (χ1) is 14.7. The Morgan fingerprint density at radius 3 is 2.74 bits per heavy atom. The Kier molecular flexibility index (Phi) is 9.47. The van der Waals surface area contributed by atoms with Gasteiger partial charge in [0.05, 0.1) is 6.54 Å². The van der Waals surface area contributed by atoms with E-state index in [2.05, 4.69) is 45.4 Å². The number of rotatable bonds is 6. The Hall–Kier alpha value is -1.32. The summed E-state index contributed by atoms with van der Waals surface area (Å²) in [7, 11) is 0. The van der Waals surface area contributed by atoms with Crippen molar-refractivity contribution in [1.82, 2.24) is 15.5 Å². The average Bonchev–Trinajstić information content (AvgIpc) is 3.27. The molecule has 0 atom stereocenters. The number of piperidine rings is 1. The highest BCUT2D eigenvalue weighted by Gasteiger charge is 2.21. The highest BCUT2D eigenvalue weighted by molar-refractivity contribution is 14.0. The number of phenols is 1.